The van der Waals surface area contributed by atoms with Gasteiger partial charge in [0.2, 0.25) is 11.6 Å². The standard InChI is InChI=1S/C20H16F3N3O/c21-20(22,23)17-8-6-16(7-9-17)18(27)13-26-11-10-19(25-14-26)24-12-15-4-2-1-3-5-15/h1-11,14H,12-13H2/p+1. The Bertz CT molecular complexity index is 893. The number of carbonyl (C=O) groups excluding carboxylic acids is 1. The maximum atomic E-state index is 12.6. The van der Waals surface area contributed by atoms with Crippen molar-refractivity contribution in [1.82, 2.24) is 4.98 Å². The molecule has 2 aromatic carbocycles. The Balaban J connectivity index is 1.58. The van der Waals surface area contributed by atoms with Crippen molar-refractivity contribution < 1.29 is 22.5 Å². The third kappa shape index (κ3) is 5.13. The number of benzene rings is 2. The number of nitrogens with zero attached hydrogens (tertiary/aromatic N) is 2. The van der Waals surface area contributed by atoms with Gasteiger partial charge < -0.3 is 5.32 Å². The summed E-state index contributed by atoms with van der Waals surface area (Å²) in [6, 6.07) is 15.8. The fourth-order valence-corrected chi connectivity index (χ4v) is 2.47. The summed E-state index contributed by atoms with van der Waals surface area (Å²) >= 11 is 0. The fourth-order valence-electron chi connectivity index (χ4n) is 2.47. The highest BCUT2D eigenvalue weighted by Gasteiger charge is 2.30. The van der Waals surface area contributed by atoms with Gasteiger partial charge in [0, 0.05) is 18.2 Å². The summed E-state index contributed by atoms with van der Waals surface area (Å²) in [6.07, 6.45) is -1.21. The minimum atomic E-state index is -4.41. The summed E-state index contributed by atoms with van der Waals surface area (Å²) in [4.78, 5) is 16.5. The number of hydrogen-bond donors (Lipinski definition) is 1. The van der Waals surface area contributed by atoms with Crippen molar-refractivity contribution in [2.75, 3.05) is 5.32 Å². The van der Waals surface area contributed by atoms with Crippen LogP contribution in [0.1, 0.15) is 21.5 Å². The Labute approximate surface area is 154 Å². The molecule has 0 aliphatic rings. The number of anilines is 1. The van der Waals surface area contributed by atoms with Gasteiger partial charge in [-0.2, -0.15) is 13.2 Å². The summed E-state index contributed by atoms with van der Waals surface area (Å²) in [5.74, 6) is 0.373. The largest absolute Gasteiger partial charge is 0.416 e. The van der Waals surface area contributed by atoms with Crippen molar-refractivity contribution in [1.29, 1.82) is 0 Å². The molecular formula is C20H17F3N3O+. The molecule has 0 spiro atoms. The number of Topliss-reactive ketones (excluding diaryl/α,β-unsaturated/α-hetero) is 1. The van der Waals surface area contributed by atoms with E-state index < -0.39 is 11.7 Å². The summed E-state index contributed by atoms with van der Waals surface area (Å²) in [5, 5.41) is 3.18. The minimum absolute atomic E-state index is 0.00265. The van der Waals surface area contributed by atoms with Crippen LogP contribution in [0, 0.1) is 0 Å². The van der Waals surface area contributed by atoms with Gasteiger partial charge in [0.1, 0.15) is 0 Å². The van der Waals surface area contributed by atoms with Crippen LogP contribution in [0.3, 0.4) is 0 Å². The highest BCUT2D eigenvalue weighted by atomic mass is 19.4. The van der Waals surface area contributed by atoms with E-state index in [9.17, 15) is 18.0 Å². The zero-order valence-electron chi connectivity index (χ0n) is 14.3. The van der Waals surface area contributed by atoms with E-state index >= 15 is 0 Å². The van der Waals surface area contributed by atoms with E-state index in [1.165, 1.54) is 18.5 Å². The molecule has 0 aliphatic carbocycles. The average molecular weight is 372 g/mol. The average Bonchev–Trinajstić information content (AvgIpc) is 2.68. The first-order chi connectivity index (χ1) is 12.9. The van der Waals surface area contributed by atoms with E-state index in [2.05, 4.69) is 10.3 Å². The molecule has 0 saturated carbocycles. The minimum Gasteiger partial charge on any atom is -0.345 e. The molecule has 0 saturated heterocycles. The van der Waals surface area contributed by atoms with Crippen molar-refractivity contribution in [2.45, 2.75) is 19.3 Å². The first-order valence-electron chi connectivity index (χ1n) is 8.25. The van der Waals surface area contributed by atoms with Gasteiger partial charge in [-0.3, -0.25) is 4.79 Å². The highest BCUT2D eigenvalue weighted by molar-refractivity contribution is 5.95. The molecule has 0 radical (unpaired) electrons. The van der Waals surface area contributed by atoms with Crippen molar-refractivity contribution in [3.05, 3.63) is 89.9 Å². The fraction of sp³-hybridized carbons (Fsp3) is 0.150. The zero-order valence-corrected chi connectivity index (χ0v) is 14.3. The molecule has 0 unspecified atom stereocenters. The van der Waals surface area contributed by atoms with Crippen molar-refractivity contribution in [2.24, 2.45) is 0 Å². The van der Waals surface area contributed by atoms with Crippen LogP contribution in [-0.4, -0.2) is 10.8 Å². The van der Waals surface area contributed by atoms with Crippen molar-refractivity contribution in [3.8, 4) is 0 Å². The van der Waals surface area contributed by atoms with Gasteiger partial charge in [-0.15, -0.1) is 0 Å². The quantitative estimate of drug-likeness (QED) is 0.528. The SMILES string of the molecule is O=C(C[n+]1ccc(NCc2ccccc2)nc1)c1ccc(C(F)(F)F)cc1. The van der Waals surface area contributed by atoms with Gasteiger partial charge in [-0.05, 0) is 22.7 Å². The summed E-state index contributed by atoms with van der Waals surface area (Å²) in [6.45, 7) is 0.625. The predicted octanol–water partition coefficient (Wildman–Crippen LogP) is 3.88. The van der Waals surface area contributed by atoms with E-state index in [-0.39, 0.29) is 17.9 Å². The van der Waals surface area contributed by atoms with Crippen LogP contribution in [-0.2, 0) is 19.3 Å². The van der Waals surface area contributed by atoms with Gasteiger partial charge in [0.05, 0.1) is 11.8 Å². The van der Waals surface area contributed by atoms with Crippen LogP contribution < -0.4 is 9.88 Å². The normalized spacial score (nSPS) is 11.2. The summed E-state index contributed by atoms with van der Waals surface area (Å²) in [5.41, 5.74) is 0.567. The summed E-state index contributed by atoms with van der Waals surface area (Å²) < 4.78 is 39.3. The third-order valence-electron chi connectivity index (χ3n) is 3.95. The molecule has 0 aliphatic heterocycles. The molecule has 0 bridgehead atoms. The molecule has 4 nitrogen and oxygen atoms in total. The van der Waals surface area contributed by atoms with Gasteiger partial charge >= 0.3 is 6.18 Å². The molecule has 0 amide bonds. The Morgan fingerprint density at radius 1 is 1.00 bits per heavy atom. The number of nitrogens with one attached hydrogen (secondary N) is 1. The number of alkyl halides is 3. The molecule has 1 aromatic heterocycles. The lowest BCUT2D eigenvalue weighted by molar-refractivity contribution is -0.686. The maximum Gasteiger partial charge on any atom is 0.416 e. The van der Waals surface area contributed by atoms with Crippen molar-refractivity contribution >= 4 is 11.6 Å². The van der Waals surface area contributed by atoms with Crippen LogP contribution in [0.15, 0.2) is 73.2 Å². The molecule has 1 heterocycles. The first kappa shape index (κ1) is 18.6. The van der Waals surface area contributed by atoms with Crippen LogP contribution >= 0.6 is 0 Å². The number of aromatic nitrogens is 2. The number of carbonyl (C=O) groups is 1. The number of ketones is 1. The first-order valence-corrected chi connectivity index (χ1v) is 8.25. The third-order valence-corrected chi connectivity index (χ3v) is 3.95. The lowest BCUT2D eigenvalue weighted by Gasteiger charge is -2.07. The molecule has 0 fully saturated rings. The molecule has 7 heteroatoms. The van der Waals surface area contributed by atoms with Gasteiger partial charge in [0.25, 0.3) is 6.33 Å². The molecule has 3 rings (SSSR count). The van der Waals surface area contributed by atoms with Crippen LogP contribution in [0.25, 0.3) is 0 Å². The van der Waals surface area contributed by atoms with E-state index in [1.54, 1.807) is 16.8 Å². The Hall–Kier alpha value is -3.22. The second kappa shape index (κ2) is 7.99. The lowest BCUT2D eigenvalue weighted by Crippen LogP contribution is -2.37. The molecular weight excluding hydrogens is 355 g/mol. The number of halogens is 3. The topological polar surface area (TPSA) is 45.9 Å². The highest BCUT2D eigenvalue weighted by Crippen LogP contribution is 2.29. The Kier molecular flexibility index (Phi) is 5.49. The molecule has 0 atom stereocenters. The van der Waals surface area contributed by atoms with E-state index in [0.717, 1.165) is 17.7 Å². The predicted molar refractivity (Wildman–Crippen MR) is 94.0 cm³/mol. The second-order valence-electron chi connectivity index (χ2n) is 5.96. The number of hydrogen-bond acceptors (Lipinski definition) is 3. The van der Waals surface area contributed by atoms with Crippen LogP contribution in [0.2, 0.25) is 0 Å². The summed E-state index contributed by atoms with van der Waals surface area (Å²) in [7, 11) is 0. The van der Waals surface area contributed by atoms with Crippen LogP contribution in [0.4, 0.5) is 19.0 Å². The number of rotatable bonds is 6. The maximum absolute atomic E-state index is 12.6. The molecule has 138 valence electrons. The molecule has 1 N–H and O–H groups in total. The molecule has 3 aromatic rings. The lowest BCUT2D eigenvalue weighted by atomic mass is 10.1. The van der Waals surface area contributed by atoms with Gasteiger partial charge in [-0.25, -0.2) is 4.57 Å². The zero-order chi connectivity index (χ0) is 19.3. The van der Waals surface area contributed by atoms with Crippen molar-refractivity contribution in [3.63, 3.8) is 0 Å². The Morgan fingerprint density at radius 2 is 1.70 bits per heavy atom. The second-order valence-corrected chi connectivity index (χ2v) is 5.96. The van der Waals surface area contributed by atoms with E-state index in [1.807, 2.05) is 30.3 Å². The monoisotopic (exact) mass is 372 g/mol. The van der Waals surface area contributed by atoms with Gasteiger partial charge in [0.15, 0.2) is 6.54 Å². The van der Waals surface area contributed by atoms with E-state index in [4.69, 9.17) is 0 Å². The smallest absolute Gasteiger partial charge is 0.345 e. The van der Waals surface area contributed by atoms with Crippen LogP contribution in [0.5, 0.6) is 0 Å². The Morgan fingerprint density at radius 3 is 2.30 bits per heavy atom. The van der Waals surface area contributed by atoms with Gasteiger partial charge in [-0.1, -0.05) is 42.5 Å². The van der Waals surface area contributed by atoms with E-state index in [0.29, 0.717) is 12.4 Å². The molecule has 27 heavy (non-hydrogen) atoms.